The van der Waals surface area contributed by atoms with Gasteiger partial charge in [-0.3, -0.25) is 1.33 Å². The molecule has 3 rings (SSSR count). The molecule has 0 aromatic heterocycles. The average Bonchev–Trinajstić information content (AvgIpc) is 2.38. The molecule has 3 aliphatic rings. The van der Waals surface area contributed by atoms with E-state index in [4.69, 9.17) is 0 Å². The van der Waals surface area contributed by atoms with Gasteiger partial charge < -0.3 is 0 Å². The highest BCUT2D eigenvalue weighted by Crippen LogP contribution is 2.48. The van der Waals surface area contributed by atoms with Crippen LogP contribution in [-0.2, 0) is 0 Å². The Morgan fingerprint density at radius 1 is 1.26 bits per heavy atom. The van der Waals surface area contributed by atoms with Crippen molar-refractivity contribution in [2.75, 3.05) is 0 Å². The molecule has 102 valence electrons. The normalized spacial score (nSPS) is 35.3. The number of allylic oxidation sites excluding steroid dienone is 6. The van der Waals surface area contributed by atoms with E-state index in [1.54, 1.807) is 0 Å². The van der Waals surface area contributed by atoms with Gasteiger partial charge in [-0.2, -0.15) is 0 Å². The van der Waals surface area contributed by atoms with E-state index in [1.165, 1.54) is 29.8 Å². The third kappa shape index (κ3) is 3.05. The lowest BCUT2D eigenvalue weighted by atomic mass is 9.64. The summed E-state index contributed by atoms with van der Waals surface area (Å²) in [6, 6.07) is 0. The molecule has 0 aliphatic heterocycles. The first-order chi connectivity index (χ1) is 9.06. The molecule has 0 fully saturated rings. The van der Waals surface area contributed by atoms with Crippen LogP contribution in [0.15, 0.2) is 35.6 Å². The van der Waals surface area contributed by atoms with Crippen molar-refractivity contribution in [3.05, 3.63) is 35.6 Å². The Morgan fingerprint density at radius 3 is 2.74 bits per heavy atom. The summed E-state index contributed by atoms with van der Waals surface area (Å²) >= 11 is 11.4. The second-order valence-electron chi connectivity index (χ2n) is 5.29. The minimum Gasteiger partial charge on any atom is -0.259 e. The summed E-state index contributed by atoms with van der Waals surface area (Å²) in [5, 5.41) is 0. The fraction of sp³-hybridized carbons (Fsp3) is 0.462. The van der Waals surface area contributed by atoms with E-state index in [-0.39, 0.29) is 0 Å². The van der Waals surface area contributed by atoms with Crippen LogP contribution >= 0.6 is 81.4 Å². The number of hydrogen-bond acceptors (Lipinski definition) is 2. The van der Waals surface area contributed by atoms with E-state index in [0.29, 0.717) is 5.92 Å². The third-order valence-corrected chi connectivity index (χ3v) is 6.33. The Kier molecular flexibility index (Phi) is 4.90. The molecule has 3 aliphatic carbocycles. The molecule has 0 saturated carbocycles. The zero-order valence-corrected chi connectivity index (χ0v) is 17.5. The van der Waals surface area contributed by atoms with Gasteiger partial charge in [0.2, 0.25) is 0 Å². The fourth-order valence-corrected chi connectivity index (χ4v) is 4.61. The van der Waals surface area contributed by atoms with Crippen molar-refractivity contribution in [1.82, 2.24) is 1.33 Å². The molecule has 0 heterocycles. The van der Waals surface area contributed by atoms with Gasteiger partial charge in [-0.1, -0.05) is 12.2 Å². The van der Waals surface area contributed by atoms with Gasteiger partial charge >= 0.3 is 22.9 Å². The summed E-state index contributed by atoms with van der Waals surface area (Å²) < 4.78 is 4.14. The lowest BCUT2D eigenvalue weighted by Crippen LogP contribution is -2.35. The molecule has 0 saturated heterocycles. The van der Waals surface area contributed by atoms with Crippen LogP contribution in [0.2, 0.25) is 0 Å². The van der Waals surface area contributed by atoms with Crippen LogP contribution < -0.4 is 0 Å². The summed E-state index contributed by atoms with van der Waals surface area (Å²) in [5.41, 5.74) is 4.25. The maximum atomic E-state index is 4.46. The standard InChI is InChI=1S/C13H14I3N2S/c14-17(15)11-4-8-2-1-3-9-5-12(18(16)19)7-10(6-11)13(8)9/h1,3,6-9,13,19H,2,4-5H2/q+1. The average molecular weight is 611 g/mol. The van der Waals surface area contributed by atoms with Crippen LogP contribution in [-0.4, -0.2) is 9.23 Å². The molecule has 0 amide bonds. The van der Waals surface area contributed by atoms with Gasteiger partial charge in [0.05, 0.1) is 45.7 Å². The van der Waals surface area contributed by atoms with Crippen LogP contribution in [0.1, 0.15) is 19.3 Å². The molecule has 3 unspecified atom stereocenters. The van der Waals surface area contributed by atoms with Crippen molar-refractivity contribution >= 4 is 87.1 Å². The van der Waals surface area contributed by atoms with Gasteiger partial charge in [0.1, 0.15) is 0 Å². The smallest absolute Gasteiger partial charge is 0.259 e. The van der Waals surface area contributed by atoms with Gasteiger partial charge in [0, 0.05) is 18.2 Å². The highest BCUT2D eigenvalue weighted by Gasteiger charge is 2.40. The van der Waals surface area contributed by atoms with E-state index in [1.807, 2.05) is 2.19 Å². The van der Waals surface area contributed by atoms with Crippen molar-refractivity contribution < 1.29 is 2.19 Å². The number of hydrogen-bond donors (Lipinski definition) is 1. The molecule has 0 N–H and O–H groups in total. The SMILES string of the molecule is S/[N+](I)=C1\C=C2C=C(N(I)I)CC3CC=CC(C1)C23. The Labute approximate surface area is 161 Å². The molecule has 2 nitrogen and oxygen atoms in total. The van der Waals surface area contributed by atoms with Crippen LogP contribution in [0, 0.1) is 17.8 Å². The molecule has 0 spiro atoms. The molecule has 3 atom stereocenters. The van der Waals surface area contributed by atoms with E-state index in [2.05, 4.69) is 107 Å². The van der Waals surface area contributed by atoms with Crippen molar-refractivity contribution in [3.8, 4) is 0 Å². The molecular formula is C13H14I3N2S+. The van der Waals surface area contributed by atoms with Crippen molar-refractivity contribution in [2.45, 2.75) is 19.3 Å². The number of nitrogens with zero attached hydrogens (tertiary/aromatic N) is 2. The minimum absolute atomic E-state index is 0.660. The van der Waals surface area contributed by atoms with Gasteiger partial charge in [0.25, 0.3) is 0 Å². The quantitative estimate of drug-likeness (QED) is 0.189. The molecule has 0 radical (unpaired) electrons. The minimum atomic E-state index is 0.660. The molecule has 0 aromatic carbocycles. The Balaban J connectivity index is 2.07. The zero-order chi connectivity index (χ0) is 13.6. The Morgan fingerprint density at radius 2 is 2.05 bits per heavy atom. The lowest BCUT2D eigenvalue weighted by molar-refractivity contribution is -0.0596. The summed E-state index contributed by atoms with van der Waals surface area (Å²) in [6.07, 6.45) is 13.1. The molecular weight excluding hydrogens is 597 g/mol. The van der Waals surface area contributed by atoms with E-state index in [0.717, 1.165) is 18.3 Å². The summed E-state index contributed by atoms with van der Waals surface area (Å²) in [4.78, 5) is 0. The first-order valence-electron chi connectivity index (χ1n) is 6.27. The molecule has 6 heteroatoms. The van der Waals surface area contributed by atoms with Crippen molar-refractivity contribution in [1.29, 1.82) is 0 Å². The molecule has 19 heavy (non-hydrogen) atoms. The zero-order valence-electron chi connectivity index (χ0n) is 10.1. The van der Waals surface area contributed by atoms with Crippen LogP contribution in [0.3, 0.4) is 0 Å². The van der Waals surface area contributed by atoms with Gasteiger partial charge in [0.15, 0.2) is 18.5 Å². The topological polar surface area (TPSA) is 6.25 Å². The fourth-order valence-electron chi connectivity index (χ4n) is 3.46. The second-order valence-corrected chi connectivity index (χ2v) is 11.2. The molecule has 0 aromatic rings. The van der Waals surface area contributed by atoms with Crippen molar-refractivity contribution in [3.63, 3.8) is 0 Å². The maximum Gasteiger partial charge on any atom is 0.363 e. The first kappa shape index (κ1) is 15.1. The maximum absolute atomic E-state index is 4.46. The largest absolute Gasteiger partial charge is 0.363 e. The van der Waals surface area contributed by atoms with Crippen LogP contribution in [0.25, 0.3) is 0 Å². The van der Waals surface area contributed by atoms with Crippen LogP contribution in [0.4, 0.5) is 0 Å². The van der Waals surface area contributed by atoms with Crippen LogP contribution in [0.5, 0.6) is 0 Å². The monoisotopic (exact) mass is 611 g/mol. The highest BCUT2D eigenvalue weighted by atomic mass is 127. The summed E-state index contributed by atoms with van der Waals surface area (Å²) in [6.45, 7) is 0. The van der Waals surface area contributed by atoms with Gasteiger partial charge in [-0.05, 0) is 42.2 Å². The third-order valence-electron chi connectivity index (χ3n) is 4.21. The predicted octanol–water partition coefficient (Wildman–Crippen LogP) is 5.06. The van der Waals surface area contributed by atoms with E-state index in [9.17, 15) is 0 Å². The van der Waals surface area contributed by atoms with Gasteiger partial charge in [-0.15, -0.1) is 2.19 Å². The second kappa shape index (κ2) is 6.15. The highest BCUT2D eigenvalue weighted by molar-refractivity contribution is 14.2. The Hall–Kier alpha value is 1.23. The summed E-state index contributed by atoms with van der Waals surface area (Å²) in [7, 11) is 0. The molecule has 0 bridgehead atoms. The Bertz CT molecular complexity index is 518. The lowest BCUT2D eigenvalue weighted by Gasteiger charge is -2.41. The van der Waals surface area contributed by atoms with E-state index >= 15 is 0 Å². The number of halogens is 3. The van der Waals surface area contributed by atoms with E-state index < -0.39 is 0 Å². The number of thiol groups is 1. The predicted molar refractivity (Wildman–Crippen MR) is 108 cm³/mol. The first-order valence-corrected chi connectivity index (χ1v) is 9.57. The number of rotatable bonds is 1. The van der Waals surface area contributed by atoms with Gasteiger partial charge in [-0.25, -0.2) is 0 Å². The van der Waals surface area contributed by atoms with Crippen molar-refractivity contribution in [2.24, 2.45) is 17.8 Å². The summed E-state index contributed by atoms with van der Waals surface area (Å²) in [5.74, 6) is 2.15.